The fourth-order valence-electron chi connectivity index (χ4n) is 1.34. The molecule has 0 amide bonds. The van der Waals surface area contributed by atoms with E-state index in [1.165, 1.54) is 0 Å². The van der Waals surface area contributed by atoms with Crippen LogP contribution in [-0.4, -0.2) is 35.8 Å². The molecule has 9 nitrogen and oxygen atoms in total. The second kappa shape index (κ2) is 8.45. The molecular formula is C13H12O9. The Labute approximate surface area is 124 Å². The highest BCUT2D eigenvalue weighted by Gasteiger charge is 2.19. The van der Waals surface area contributed by atoms with Gasteiger partial charge in [0.25, 0.3) is 0 Å². The Kier molecular flexibility index (Phi) is 6.61. The second-order valence-corrected chi connectivity index (χ2v) is 4.12. The van der Waals surface area contributed by atoms with E-state index >= 15 is 0 Å². The van der Waals surface area contributed by atoms with E-state index in [2.05, 4.69) is 14.2 Å². The largest absolute Gasteiger partial charge is 0.393 e. The van der Waals surface area contributed by atoms with Crippen LogP contribution in [0.5, 0.6) is 0 Å². The van der Waals surface area contributed by atoms with Gasteiger partial charge in [-0.25, -0.2) is 9.59 Å². The van der Waals surface area contributed by atoms with Crippen molar-refractivity contribution < 1.29 is 43.0 Å². The highest BCUT2D eigenvalue weighted by atomic mass is 16.6. The minimum absolute atomic E-state index is 0.263. The van der Waals surface area contributed by atoms with Crippen LogP contribution in [0.2, 0.25) is 0 Å². The Hall–Kier alpha value is -2.84. The summed E-state index contributed by atoms with van der Waals surface area (Å²) in [5, 5.41) is 0. The fraction of sp³-hybridized carbons (Fsp3) is 0.385. The van der Waals surface area contributed by atoms with E-state index in [1.54, 1.807) is 0 Å². The zero-order valence-corrected chi connectivity index (χ0v) is 11.4. The highest BCUT2D eigenvalue weighted by molar-refractivity contribution is 6.04. The van der Waals surface area contributed by atoms with Crippen LogP contribution in [0, 0.1) is 0 Å². The molecule has 2 saturated heterocycles. The number of carbonyl (C=O) groups is 6. The topological polar surface area (TPSA) is 130 Å². The molecule has 0 aromatic rings. The van der Waals surface area contributed by atoms with Crippen molar-refractivity contribution in [1.29, 1.82) is 0 Å². The second-order valence-electron chi connectivity index (χ2n) is 4.12. The molecule has 9 heteroatoms. The van der Waals surface area contributed by atoms with Gasteiger partial charge in [-0.15, -0.1) is 0 Å². The van der Waals surface area contributed by atoms with Crippen molar-refractivity contribution in [2.75, 3.05) is 0 Å². The molecule has 3 aliphatic heterocycles. The summed E-state index contributed by atoms with van der Waals surface area (Å²) in [6.45, 7) is 0. The molecule has 0 saturated carbocycles. The SMILES string of the molecule is O=C1C=CC(=O)O1.O=C1CCC(=O)O1.O=C1CCCC(=O)O1. The van der Waals surface area contributed by atoms with Gasteiger partial charge in [-0.05, 0) is 6.42 Å². The van der Waals surface area contributed by atoms with Gasteiger partial charge in [0, 0.05) is 25.0 Å². The van der Waals surface area contributed by atoms with Crippen LogP contribution in [0.3, 0.4) is 0 Å². The van der Waals surface area contributed by atoms with Crippen molar-refractivity contribution in [3.05, 3.63) is 12.2 Å². The van der Waals surface area contributed by atoms with Crippen LogP contribution in [0.4, 0.5) is 0 Å². The first kappa shape index (κ1) is 17.2. The van der Waals surface area contributed by atoms with Crippen molar-refractivity contribution in [3.63, 3.8) is 0 Å². The monoisotopic (exact) mass is 312 g/mol. The van der Waals surface area contributed by atoms with Gasteiger partial charge in [0.1, 0.15) is 0 Å². The summed E-state index contributed by atoms with van der Waals surface area (Å²) in [7, 11) is 0. The quantitative estimate of drug-likeness (QED) is 0.336. The van der Waals surface area contributed by atoms with Gasteiger partial charge in [-0.2, -0.15) is 0 Å². The van der Waals surface area contributed by atoms with Crippen LogP contribution in [0.15, 0.2) is 12.2 Å². The number of hydrogen-bond acceptors (Lipinski definition) is 9. The Bertz CT molecular complexity index is 500. The average molecular weight is 312 g/mol. The van der Waals surface area contributed by atoms with Gasteiger partial charge in [0.15, 0.2) is 0 Å². The van der Waals surface area contributed by atoms with Crippen molar-refractivity contribution in [2.24, 2.45) is 0 Å². The van der Waals surface area contributed by atoms with Gasteiger partial charge >= 0.3 is 35.8 Å². The number of ether oxygens (including phenoxy) is 3. The lowest BCUT2D eigenvalue weighted by Gasteiger charge is -2.06. The molecule has 0 aromatic carbocycles. The number of cyclic esters (lactones) is 6. The number of esters is 6. The first-order valence-electron chi connectivity index (χ1n) is 6.27. The molecule has 0 aromatic heterocycles. The minimum Gasteiger partial charge on any atom is -0.393 e. The molecule has 0 radical (unpaired) electrons. The van der Waals surface area contributed by atoms with Crippen LogP contribution < -0.4 is 0 Å². The zero-order valence-electron chi connectivity index (χ0n) is 11.4. The normalized spacial score (nSPS) is 19.5. The molecule has 0 spiro atoms. The molecule has 2 fully saturated rings. The predicted molar refractivity (Wildman–Crippen MR) is 65.5 cm³/mol. The summed E-state index contributed by atoms with van der Waals surface area (Å²) in [6.07, 6.45) is 4.14. The molecule has 0 unspecified atom stereocenters. The lowest BCUT2D eigenvalue weighted by atomic mass is 10.2. The molecule has 22 heavy (non-hydrogen) atoms. The molecule has 3 heterocycles. The van der Waals surface area contributed by atoms with E-state index in [0.29, 0.717) is 19.3 Å². The van der Waals surface area contributed by atoms with Crippen molar-refractivity contribution in [1.82, 2.24) is 0 Å². The van der Waals surface area contributed by atoms with Crippen LogP contribution in [-0.2, 0) is 43.0 Å². The van der Waals surface area contributed by atoms with E-state index in [0.717, 1.165) is 12.2 Å². The Morgan fingerprint density at radius 3 is 1.05 bits per heavy atom. The Morgan fingerprint density at radius 1 is 0.545 bits per heavy atom. The molecule has 118 valence electrons. The van der Waals surface area contributed by atoms with Crippen LogP contribution in [0.25, 0.3) is 0 Å². The summed E-state index contributed by atoms with van der Waals surface area (Å²) in [4.78, 5) is 60.3. The third kappa shape index (κ3) is 7.08. The Balaban J connectivity index is 0.000000166. The highest BCUT2D eigenvalue weighted by Crippen LogP contribution is 2.06. The van der Waals surface area contributed by atoms with E-state index < -0.39 is 23.9 Å². The van der Waals surface area contributed by atoms with Crippen molar-refractivity contribution in [3.8, 4) is 0 Å². The number of hydrogen-bond donors (Lipinski definition) is 0. The summed E-state index contributed by atoms with van der Waals surface area (Å²) in [5.74, 6) is -2.73. The average Bonchev–Trinajstić information content (AvgIpc) is 2.99. The maximum Gasteiger partial charge on any atom is 0.338 e. The number of carbonyl (C=O) groups excluding carboxylic acids is 6. The van der Waals surface area contributed by atoms with Crippen LogP contribution >= 0.6 is 0 Å². The van der Waals surface area contributed by atoms with E-state index in [1.807, 2.05) is 0 Å². The van der Waals surface area contributed by atoms with Gasteiger partial charge in [0.2, 0.25) is 0 Å². The van der Waals surface area contributed by atoms with Gasteiger partial charge in [-0.1, -0.05) is 0 Å². The van der Waals surface area contributed by atoms with Crippen LogP contribution in [0.1, 0.15) is 32.1 Å². The molecular weight excluding hydrogens is 300 g/mol. The minimum atomic E-state index is -0.579. The predicted octanol–water partition coefficient (Wildman–Crippen LogP) is -0.284. The maximum atomic E-state index is 10.2. The summed E-state index contributed by atoms with van der Waals surface area (Å²) < 4.78 is 12.3. The molecule has 0 atom stereocenters. The lowest BCUT2D eigenvalue weighted by molar-refractivity contribution is -0.163. The maximum absolute atomic E-state index is 10.2. The van der Waals surface area contributed by atoms with Crippen molar-refractivity contribution >= 4 is 35.8 Å². The van der Waals surface area contributed by atoms with Gasteiger partial charge < -0.3 is 14.2 Å². The fourth-order valence-corrected chi connectivity index (χ4v) is 1.34. The molecule has 0 bridgehead atoms. The molecule has 0 N–H and O–H groups in total. The third-order valence-electron chi connectivity index (χ3n) is 2.31. The lowest BCUT2D eigenvalue weighted by Crippen LogP contribution is -2.17. The van der Waals surface area contributed by atoms with Crippen molar-refractivity contribution in [2.45, 2.75) is 32.1 Å². The van der Waals surface area contributed by atoms with Gasteiger partial charge in [-0.3, -0.25) is 19.2 Å². The Morgan fingerprint density at radius 2 is 0.909 bits per heavy atom. The van der Waals surface area contributed by atoms with Gasteiger partial charge in [0.05, 0.1) is 12.8 Å². The summed E-state index contributed by atoms with van der Waals surface area (Å²) >= 11 is 0. The summed E-state index contributed by atoms with van der Waals surface area (Å²) in [6, 6.07) is 0. The smallest absolute Gasteiger partial charge is 0.338 e. The standard InChI is InChI=1S/C5H6O3.C4H4O3.C4H2O3/c6-4-2-1-3-5(7)8-4;2*5-3-1-2-4(6)7-3/h1-3H2;1-2H2;1-2H. The zero-order chi connectivity index (χ0) is 16.5. The molecule has 3 aliphatic rings. The molecule has 0 aliphatic carbocycles. The van der Waals surface area contributed by atoms with E-state index in [-0.39, 0.29) is 24.8 Å². The molecule has 3 rings (SSSR count). The summed E-state index contributed by atoms with van der Waals surface area (Å²) in [5.41, 5.74) is 0. The van der Waals surface area contributed by atoms with E-state index in [4.69, 9.17) is 0 Å². The first-order valence-corrected chi connectivity index (χ1v) is 6.27. The third-order valence-corrected chi connectivity index (χ3v) is 2.31. The number of rotatable bonds is 0. The first-order chi connectivity index (χ1) is 10.4. The van der Waals surface area contributed by atoms with E-state index in [9.17, 15) is 28.8 Å².